The van der Waals surface area contributed by atoms with E-state index in [2.05, 4.69) is 24.1 Å². The van der Waals surface area contributed by atoms with Crippen molar-refractivity contribution < 1.29 is 9.59 Å². The molecule has 0 saturated carbocycles. The van der Waals surface area contributed by atoms with Crippen LogP contribution < -0.4 is 5.32 Å². The van der Waals surface area contributed by atoms with E-state index >= 15 is 0 Å². The number of halogens is 1. The summed E-state index contributed by atoms with van der Waals surface area (Å²) in [4.78, 5) is 30.0. The van der Waals surface area contributed by atoms with Crippen LogP contribution in [0.4, 0.5) is 0 Å². The number of fused-ring (bicyclic) bond motifs is 1. The van der Waals surface area contributed by atoms with Crippen molar-refractivity contribution in [3.8, 4) is 0 Å². The van der Waals surface area contributed by atoms with Crippen LogP contribution >= 0.6 is 11.6 Å². The molecule has 5 nitrogen and oxygen atoms in total. The predicted octanol–water partition coefficient (Wildman–Crippen LogP) is 3.21. The first-order chi connectivity index (χ1) is 13.5. The van der Waals surface area contributed by atoms with Crippen molar-refractivity contribution in [3.05, 3.63) is 34.9 Å². The van der Waals surface area contributed by atoms with E-state index in [1.54, 1.807) is 0 Å². The number of carbonyl (C=O) groups is 2. The topological polar surface area (TPSA) is 52.7 Å². The van der Waals surface area contributed by atoms with Crippen LogP contribution in [0.15, 0.2) is 24.3 Å². The third-order valence-corrected chi connectivity index (χ3v) is 6.42. The zero-order valence-electron chi connectivity index (χ0n) is 17.0. The normalized spacial score (nSPS) is 24.1. The molecule has 2 aliphatic heterocycles. The minimum absolute atomic E-state index is 0.00394. The van der Waals surface area contributed by atoms with Crippen LogP contribution in [-0.4, -0.2) is 60.4 Å². The van der Waals surface area contributed by atoms with E-state index in [1.807, 2.05) is 29.2 Å². The number of carbonyl (C=O) groups excluding carboxylic acids is 2. The number of nitrogens with one attached hydrogen (secondary N) is 1. The average Bonchev–Trinajstić information content (AvgIpc) is 3.22. The number of hydrogen-bond acceptors (Lipinski definition) is 3. The lowest BCUT2D eigenvalue weighted by Crippen LogP contribution is -2.49. The molecule has 0 aliphatic carbocycles. The fraction of sp³-hybridized carbons (Fsp3) is 0.636. The molecule has 2 saturated heterocycles. The van der Waals surface area contributed by atoms with Crippen LogP contribution in [0.2, 0.25) is 5.02 Å². The summed E-state index contributed by atoms with van der Waals surface area (Å²) in [5.74, 6) is 0.152. The maximum atomic E-state index is 13.4. The lowest BCUT2D eigenvalue weighted by molar-refractivity contribution is -0.129. The smallest absolute Gasteiger partial charge is 0.232 e. The Morgan fingerprint density at radius 1 is 1.25 bits per heavy atom. The average molecular weight is 406 g/mol. The van der Waals surface area contributed by atoms with E-state index in [1.165, 1.54) is 0 Å². The van der Waals surface area contributed by atoms with Crippen molar-refractivity contribution in [2.75, 3.05) is 32.7 Å². The summed E-state index contributed by atoms with van der Waals surface area (Å²) in [5.41, 5.74) is 0.0923. The summed E-state index contributed by atoms with van der Waals surface area (Å²) >= 11 is 6.51. The number of amides is 2. The highest BCUT2D eigenvalue weighted by atomic mass is 35.5. The van der Waals surface area contributed by atoms with Gasteiger partial charge < -0.3 is 15.1 Å². The molecular formula is C22H32ClN3O2. The van der Waals surface area contributed by atoms with Gasteiger partial charge in [0.1, 0.15) is 0 Å². The minimum Gasteiger partial charge on any atom is -0.354 e. The molecule has 0 bridgehead atoms. The van der Waals surface area contributed by atoms with Gasteiger partial charge in [0.05, 0.1) is 5.41 Å². The first-order valence-corrected chi connectivity index (χ1v) is 10.9. The van der Waals surface area contributed by atoms with Crippen molar-refractivity contribution in [3.63, 3.8) is 0 Å². The summed E-state index contributed by atoms with van der Waals surface area (Å²) in [6.45, 7) is 8.33. The highest BCUT2D eigenvalue weighted by Crippen LogP contribution is 2.45. The molecule has 0 radical (unpaired) electrons. The zero-order valence-corrected chi connectivity index (χ0v) is 17.8. The van der Waals surface area contributed by atoms with E-state index < -0.39 is 5.41 Å². The SMILES string of the molecule is CCCN(CCC)CCNC(=O)[C@@]1(c2ccccc2Cl)C[C@@H]2CCC(=O)N2C1. The Morgan fingerprint density at radius 3 is 2.61 bits per heavy atom. The van der Waals surface area contributed by atoms with Crippen LogP contribution in [0.1, 0.15) is 51.5 Å². The summed E-state index contributed by atoms with van der Waals surface area (Å²) in [6.07, 6.45) is 4.29. The Labute approximate surface area is 173 Å². The van der Waals surface area contributed by atoms with Gasteiger partial charge in [0.2, 0.25) is 11.8 Å². The molecule has 1 N–H and O–H groups in total. The number of nitrogens with zero attached hydrogens (tertiary/aromatic N) is 2. The number of benzene rings is 1. The molecule has 2 amide bonds. The van der Waals surface area contributed by atoms with E-state index in [0.29, 0.717) is 31.0 Å². The van der Waals surface area contributed by atoms with Crippen LogP contribution in [0, 0.1) is 0 Å². The molecule has 2 atom stereocenters. The number of hydrogen-bond donors (Lipinski definition) is 1. The highest BCUT2D eigenvalue weighted by molar-refractivity contribution is 6.31. The first-order valence-electron chi connectivity index (χ1n) is 10.6. The minimum atomic E-state index is -0.751. The maximum absolute atomic E-state index is 13.4. The summed E-state index contributed by atoms with van der Waals surface area (Å²) in [6, 6.07) is 7.72. The molecule has 28 heavy (non-hydrogen) atoms. The van der Waals surface area contributed by atoms with Gasteiger partial charge in [0, 0.05) is 37.1 Å². The van der Waals surface area contributed by atoms with Crippen molar-refractivity contribution in [2.45, 2.75) is 57.4 Å². The van der Waals surface area contributed by atoms with Gasteiger partial charge >= 0.3 is 0 Å². The third kappa shape index (κ3) is 4.20. The summed E-state index contributed by atoms with van der Waals surface area (Å²) < 4.78 is 0. The predicted molar refractivity (Wildman–Crippen MR) is 113 cm³/mol. The molecule has 1 aromatic rings. The monoisotopic (exact) mass is 405 g/mol. The Kier molecular flexibility index (Phi) is 7.00. The van der Waals surface area contributed by atoms with E-state index in [0.717, 1.165) is 44.5 Å². The van der Waals surface area contributed by atoms with Crippen LogP contribution in [-0.2, 0) is 15.0 Å². The standard InChI is InChI=1S/C22H32ClN3O2/c1-3-12-25(13-4-2)14-11-24-21(28)22(18-7-5-6-8-19(18)23)15-17-9-10-20(27)26(17)16-22/h5-8,17H,3-4,9-16H2,1-2H3,(H,24,28)/t17-,22-/m0/s1. The van der Waals surface area contributed by atoms with E-state index in [-0.39, 0.29) is 17.9 Å². The van der Waals surface area contributed by atoms with Gasteiger partial charge in [-0.05, 0) is 50.4 Å². The van der Waals surface area contributed by atoms with Crippen molar-refractivity contribution >= 4 is 23.4 Å². The van der Waals surface area contributed by atoms with Crippen LogP contribution in [0.3, 0.4) is 0 Å². The Morgan fingerprint density at radius 2 is 1.96 bits per heavy atom. The van der Waals surface area contributed by atoms with Crippen molar-refractivity contribution in [2.24, 2.45) is 0 Å². The van der Waals surface area contributed by atoms with Gasteiger partial charge in [-0.15, -0.1) is 0 Å². The third-order valence-electron chi connectivity index (χ3n) is 6.09. The largest absolute Gasteiger partial charge is 0.354 e. The second-order valence-electron chi connectivity index (χ2n) is 8.08. The zero-order chi connectivity index (χ0) is 20.1. The van der Waals surface area contributed by atoms with Crippen molar-refractivity contribution in [1.29, 1.82) is 0 Å². The molecule has 2 aliphatic rings. The molecule has 1 aromatic carbocycles. The summed E-state index contributed by atoms with van der Waals surface area (Å²) in [5, 5.41) is 3.77. The quantitative estimate of drug-likeness (QED) is 0.686. The molecule has 6 heteroatoms. The fourth-order valence-electron chi connectivity index (χ4n) is 4.78. The Balaban J connectivity index is 1.76. The van der Waals surface area contributed by atoms with Gasteiger partial charge in [-0.25, -0.2) is 0 Å². The second kappa shape index (κ2) is 9.27. The molecule has 0 aromatic heterocycles. The first kappa shape index (κ1) is 21.1. The highest BCUT2D eigenvalue weighted by Gasteiger charge is 2.54. The summed E-state index contributed by atoms with van der Waals surface area (Å²) in [7, 11) is 0. The van der Waals surface area contributed by atoms with Crippen molar-refractivity contribution in [1.82, 2.24) is 15.1 Å². The lowest BCUT2D eigenvalue weighted by Gasteiger charge is -2.30. The van der Waals surface area contributed by atoms with Gasteiger partial charge in [0.25, 0.3) is 0 Å². The van der Waals surface area contributed by atoms with Gasteiger partial charge in [-0.3, -0.25) is 9.59 Å². The molecule has 2 heterocycles. The molecule has 154 valence electrons. The van der Waals surface area contributed by atoms with Gasteiger partial charge in [-0.1, -0.05) is 43.6 Å². The molecule has 2 fully saturated rings. The second-order valence-corrected chi connectivity index (χ2v) is 8.48. The van der Waals surface area contributed by atoms with Crippen LogP contribution in [0.25, 0.3) is 0 Å². The molecule has 3 rings (SSSR count). The van der Waals surface area contributed by atoms with Gasteiger partial charge in [0.15, 0.2) is 0 Å². The van der Waals surface area contributed by atoms with E-state index in [4.69, 9.17) is 11.6 Å². The van der Waals surface area contributed by atoms with Gasteiger partial charge in [-0.2, -0.15) is 0 Å². The Hall–Kier alpha value is -1.59. The van der Waals surface area contributed by atoms with Crippen LogP contribution in [0.5, 0.6) is 0 Å². The lowest BCUT2D eigenvalue weighted by atomic mass is 9.76. The fourth-order valence-corrected chi connectivity index (χ4v) is 5.09. The molecule has 0 unspecified atom stereocenters. The molecule has 0 spiro atoms. The number of rotatable bonds is 9. The maximum Gasteiger partial charge on any atom is 0.232 e. The molecular weight excluding hydrogens is 374 g/mol. The Bertz CT molecular complexity index is 705. The van der Waals surface area contributed by atoms with E-state index in [9.17, 15) is 9.59 Å².